The summed E-state index contributed by atoms with van der Waals surface area (Å²) in [5.74, 6) is 1.72. The highest BCUT2D eigenvalue weighted by Gasteiger charge is 2.27. The van der Waals surface area contributed by atoms with Crippen LogP contribution in [0.25, 0.3) is 0 Å². The largest absolute Gasteiger partial charge is 0.497 e. The summed E-state index contributed by atoms with van der Waals surface area (Å²) in [5.41, 5.74) is 2.35. The van der Waals surface area contributed by atoms with E-state index in [1.807, 2.05) is 43.3 Å². The summed E-state index contributed by atoms with van der Waals surface area (Å²) < 4.78 is 16.1. The Labute approximate surface area is 154 Å². The van der Waals surface area contributed by atoms with Gasteiger partial charge in [0.05, 0.1) is 20.3 Å². The fourth-order valence-corrected chi connectivity index (χ4v) is 2.97. The molecule has 0 N–H and O–H groups in total. The predicted molar refractivity (Wildman–Crippen MR) is 99.6 cm³/mol. The standard InChI is InChI=1S/C21H25NO4/c1-16-14-22(21(23)26-16)15-18-7-11-20(12-8-18)25-13-3-4-17-5-9-19(24-2)10-6-17/h5-12,16H,3-4,13-15H2,1-2H3. The Bertz CT molecular complexity index is 712. The molecule has 26 heavy (non-hydrogen) atoms. The second-order valence-electron chi connectivity index (χ2n) is 6.52. The van der Waals surface area contributed by atoms with Gasteiger partial charge in [0.25, 0.3) is 0 Å². The molecule has 5 heteroatoms. The first kappa shape index (κ1) is 18.1. The molecule has 1 saturated heterocycles. The molecule has 1 fully saturated rings. The van der Waals surface area contributed by atoms with E-state index >= 15 is 0 Å². The van der Waals surface area contributed by atoms with Crippen LogP contribution in [0, 0.1) is 0 Å². The minimum absolute atomic E-state index is 0.0317. The fraction of sp³-hybridized carbons (Fsp3) is 0.381. The molecule has 1 amide bonds. The van der Waals surface area contributed by atoms with Crippen molar-refractivity contribution in [2.45, 2.75) is 32.4 Å². The fourth-order valence-electron chi connectivity index (χ4n) is 2.97. The lowest BCUT2D eigenvalue weighted by Gasteiger charge is -2.13. The van der Waals surface area contributed by atoms with Crippen LogP contribution in [-0.4, -0.2) is 37.4 Å². The highest BCUT2D eigenvalue weighted by atomic mass is 16.6. The quantitative estimate of drug-likeness (QED) is 0.670. The van der Waals surface area contributed by atoms with Crippen molar-refractivity contribution in [3.05, 3.63) is 59.7 Å². The van der Waals surface area contributed by atoms with Crippen LogP contribution in [-0.2, 0) is 17.7 Å². The molecule has 1 heterocycles. The number of benzene rings is 2. The molecule has 1 aliphatic rings. The lowest BCUT2D eigenvalue weighted by molar-refractivity contribution is 0.137. The Kier molecular flexibility index (Phi) is 6.00. The van der Waals surface area contributed by atoms with Crippen molar-refractivity contribution in [3.63, 3.8) is 0 Å². The van der Waals surface area contributed by atoms with E-state index in [4.69, 9.17) is 14.2 Å². The van der Waals surface area contributed by atoms with Crippen LogP contribution in [0.15, 0.2) is 48.5 Å². The Morgan fingerprint density at radius 3 is 2.31 bits per heavy atom. The Morgan fingerprint density at radius 1 is 1.04 bits per heavy atom. The summed E-state index contributed by atoms with van der Waals surface area (Å²) in [7, 11) is 1.67. The normalized spacial score (nSPS) is 16.5. The average Bonchev–Trinajstić information content (AvgIpc) is 2.97. The van der Waals surface area contributed by atoms with Gasteiger partial charge >= 0.3 is 6.09 Å². The average molecular weight is 355 g/mol. The molecule has 0 radical (unpaired) electrons. The number of methoxy groups -OCH3 is 1. The molecule has 0 bridgehead atoms. The van der Waals surface area contributed by atoms with Gasteiger partial charge in [-0.1, -0.05) is 24.3 Å². The summed E-state index contributed by atoms with van der Waals surface area (Å²) in [6.07, 6.45) is 1.65. The topological polar surface area (TPSA) is 48.0 Å². The third kappa shape index (κ3) is 4.91. The van der Waals surface area contributed by atoms with Crippen molar-refractivity contribution in [3.8, 4) is 11.5 Å². The van der Waals surface area contributed by atoms with Crippen molar-refractivity contribution in [1.82, 2.24) is 4.90 Å². The van der Waals surface area contributed by atoms with Crippen molar-refractivity contribution >= 4 is 6.09 Å². The van der Waals surface area contributed by atoms with E-state index in [0.717, 1.165) is 29.9 Å². The SMILES string of the molecule is COc1ccc(CCCOc2ccc(CN3CC(C)OC3=O)cc2)cc1. The number of carbonyl (C=O) groups is 1. The molecule has 138 valence electrons. The van der Waals surface area contributed by atoms with Crippen LogP contribution < -0.4 is 9.47 Å². The highest BCUT2D eigenvalue weighted by Crippen LogP contribution is 2.18. The molecule has 0 aromatic heterocycles. The van der Waals surface area contributed by atoms with E-state index in [-0.39, 0.29) is 12.2 Å². The van der Waals surface area contributed by atoms with Crippen molar-refractivity contribution in [2.24, 2.45) is 0 Å². The Balaban J connectivity index is 1.40. The minimum atomic E-state index is -0.239. The zero-order chi connectivity index (χ0) is 18.4. The second-order valence-corrected chi connectivity index (χ2v) is 6.52. The van der Waals surface area contributed by atoms with Crippen LogP contribution in [0.4, 0.5) is 4.79 Å². The molecule has 0 saturated carbocycles. The number of cyclic esters (lactones) is 1. The molecule has 1 atom stereocenters. The summed E-state index contributed by atoms with van der Waals surface area (Å²) in [6, 6.07) is 16.0. The van der Waals surface area contributed by atoms with E-state index in [0.29, 0.717) is 19.7 Å². The van der Waals surface area contributed by atoms with Crippen LogP contribution in [0.2, 0.25) is 0 Å². The van der Waals surface area contributed by atoms with Crippen molar-refractivity contribution in [2.75, 3.05) is 20.3 Å². The molecule has 0 aliphatic carbocycles. The van der Waals surface area contributed by atoms with Gasteiger partial charge in [0.1, 0.15) is 17.6 Å². The van der Waals surface area contributed by atoms with Crippen LogP contribution in [0.3, 0.4) is 0 Å². The summed E-state index contributed by atoms with van der Waals surface area (Å²) in [5, 5.41) is 0. The van der Waals surface area contributed by atoms with Gasteiger partial charge in [-0.3, -0.25) is 0 Å². The molecule has 2 aromatic carbocycles. The maximum Gasteiger partial charge on any atom is 0.410 e. The summed E-state index contributed by atoms with van der Waals surface area (Å²) in [4.78, 5) is 13.4. The van der Waals surface area contributed by atoms with Gasteiger partial charge in [0.2, 0.25) is 0 Å². The van der Waals surface area contributed by atoms with Gasteiger partial charge in [-0.25, -0.2) is 4.79 Å². The van der Waals surface area contributed by atoms with Crippen LogP contribution in [0.1, 0.15) is 24.5 Å². The van der Waals surface area contributed by atoms with Gasteiger partial charge in [-0.15, -0.1) is 0 Å². The first-order valence-electron chi connectivity index (χ1n) is 8.94. The lowest BCUT2D eigenvalue weighted by atomic mass is 10.1. The summed E-state index contributed by atoms with van der Waals surface area (Å²) >= 11 is 0. The van der Waals surface area contributed by atoms with Gasteiger partial charge in [0.15, 0.2) is 0 Å². The predicted octanol–water partition coefficient (Wildman–Crippen LogP) is 4.05. The number of aryl methyl sites for hydroxylation is 1. The third-order valence-corrected chi connectivity index (χ3v) is 4.37. The van der Waals surface area contributed by atoms with Crippen molar-refractivity contribution < 1.29 is 19.0 Å². The number of hydrogen-bond donors (Lipinski definition) is 0. The van der Waals surface area contributed by atoms with Crippen molar-refractivity contribution in [1.29, 1.82) is 0 Å². The van der Waals surface area contributed by atoms with E-state index in [2.05, 4.69) is 12.1 Å². The maximum atomic E-state index is 11.7. The molecule has 1 unspecified atom stereocenters. The zero-order valence-corrected chi connectivity index (χ0v) is 15.3. The van der Waals surface area contributed by atoms with E-state index in [1.54, 1.807) is 12.0 Å². The number of amides is 1. The molecule has 2 aromatic rings. The smallest absolute Gasteiger partial charge is 0.410 e. The van der Waals surface area contributed by atoms with E-state index in [1.165, 1.54) is 5.56 Å². The number of rotatable bonds is 8. The molecular weight excluding hydrogens is 330 g/mol. The molecule has 5 nitrogen and oxygen atoms in total. The van der Waals surface area contributed by atoms with E-state index in [9.17, 15) is 4.79 Å². The minimum Gasteiger partial charge on any atom is -0.497 e. The number of carbonyl (C=O) groups excluding carboxylic acids is 1. The number of hydrogen-bond acceptors (Lipinski definition) is 4. The third-order valence-electron chi connectivity index (χ3n) is 4.37. The van der Waals surface area contributed by atoms with Crippen LogP contribution in [0.5, 0.6) is 11.5 Å². The molecule has 1 aliphatic heterocycles. The monoisotopic (exact) mass is 355 g/mol. The molecule has 3 rings (SSSR count). The van der Waals surface area contributed by atoms with Crippen LogP contribution >= 0.6 is 0 Å². The van der Waals surface area contributed by atoms with Gasteiger partial charge in [-0.05, 0) is 55.2 Å². The highest BCUT2D eigenvalue weighted by molar-refractivity contribution is 5.69. The number of nitrogens with zero attached hydrogens (tertiary/aromatic N) is 1. The first-order valence-corrected chi connectivity index (χ1v) is 8.94. The lowest BCUT2D eigenvalue weighted by Crippen LogP contribution is -2.24. The zero-order valence-electron chi connectivity index (χ0n) is 15.3. The maximum absolute atomic E-state index is 11.7. The van der Waals surface area contributed by atoms with E-state index < -0.39 is 0 Å². The molecule has 0 spiro atoms. The first-order chi connectivity index (χ1) is 12.6. The van der Waals surface area contributed by atoms with Gasteiger partial charge < -0.3 is 19.1 Å². The Hall–Kier alpha value is -2.69. The molecular formula is C21H25NO4. The Morgan fingerprint density at radius 2 is 1.69 bits per heavy atom. The second kappa shape index (κ2) is 8.61. The van der Waals surface area contributed by atoms with Gasteiger partial charge in [0, 0.05) is 6.54 Å². The van der Waals surface area contributed by atoms with Gasteiger partial charge in [-0.2, -0.15) is 0 Å². The number of ether oxygens (including phenoxy) is 3. The summed E-state index contributed by atoms with van der Waals surface area (Å²) in [6.45, 7) is 3.78.